The summed E-state index contributed by atoms with van der Waals surface area (Å²) in [6.07, 6.45) is 1.82. The number of benzene rings is 1. The summed E-state index contributed by atoms with van der Waals surface area (Å²) in [5.74, 6) is 0. The number of aromatic nitrogens is 1. The van der Waals surface area contributed by atoms with Crippen LogP contribution in [0.25, 0.3) is 10.9 Å². The molecule has 0 aliphatic rings. The summed E-state index contributed by atoms with van der Waals surface area (Å²) in [5, 5.41) is 1.16. The van der Waals surface area contributed by atoms with Crippen LogP contribution in [0.3, 0.4) is 0 Å². The predicted octanol–water partition coefficient (Wildman–Crippen LogP) is 5.06. The van der Waals surface area contributed by atoms with Crippen LogP contribution in [0.5, 0.6) is 0 Å². The first-order valence-corrected chi connectivity index (χ1v) is 6.72. The number of halogens is 2. The zero-order valence-corrected chi connectivity index (χ0v) is 12.7. The first-order valence-electron chi connectivity index (χ1n) is 5.13. The highest BCUT2D eigenvalue weighted by molar-refractivity contribution is 9.11. The molecule has 2 aromatic rings. The first-order chi connectivity index (χ1) is 7.38. The number of fused-ring (bicyclic) bond motifs is 1. The molecule has 3 heteroatoms. The van der Waals surface area contributed by atoms with Gasteiger partial charge in [-0.1, -0.05) is 20.8 Å². The van der Waals surface area contributed by atoms with E-state index in [2.05, 4.69) is 75.8 Å². The lowest BCUT2D eigenvalue weighted by atomic mass is 9.86. The molecular weight excluding hydrogens is 330 g/mol. The first kappa shape index (κ1) is 12.1. The van der Waals surface area contributed by atoms with Crippen molar-refractivity contribution < 1.29 is 0 Å². The Morgan fingerprint density at radius 1 is 1.06 bits per heavy atom. The normalized spacial score (nSPS) is 12.1. The third kappa shape index (κ3) is 2.30. The molecule has 1 heterocycles. The van der Waals surface area contributed by atoms with Gasteiger partial charge in [-0.25, -0.2) is 0 Å². The van der Waals surface area contributed by atoms with Crippen LogP contribution in [-0.4, -0.2) is 4.98 Å². The van der Waals surface area contributed by atoms with Crippen molar-refractivity contribution in [2.45, 2.75) is 26.2 Å². The van der Waals surface area contributed by atoms with E-state index in [4.69, 9.17) is 0 Å². The van der Waals surface area contributed by atoms with E-state index in [1.165, 1.54) is 5.56 Å². The molecule has 1 aromatic heterocycles. The average Bonchev–Trinajstić information content (AvgIpc) is 2.15. The Kier molecular flexibility index (Phi) is 3.10. The molecule has 2 rings (SSSR count). The molecule has 0 unspecified atom stereocenters. The predicted molar refractivity (Wildman–Crippen MR) is 75.8 cm³/mol. The molecule has 1 aromatic carbocycles. The van der Waals surface area contributed by atoms with E-state index >= 15 is 0 Å². The van der Waals surface area contributed by atoms with Crippen molar-refractivity contribution in [2.24, 2.45) is 0 Å². The Morgan fingerprint density at radius 2 is 1.75 bits per heavy atom. The fourth-order valence-corrected chi connectivity index (χ4v) is 2.54. The molecule has 0 aliphatic heterocycles. The van der Waals surface area contributed by atoms with Gasteiger partial charge in [-0.2, -0.15) is 0 Å². The standard InChI is InChI=1S/C13H13Br2N/c1-13(2,3)9-4-8-5-10(14)7-16-12(8)11(15)6-9/h4-7H,1-3H3. The number of hydrogen-bond donors (Lipinski definition) is 0. The number of nitrogens with zero attached hydrogens (tertiary/aromatic N) is 1. The molecule has 0 saturated heterocycles. The van der Waals surface area contributed by atoms with Crippen molar-refractivity contribution in [3.63, 3.8) is 0 Å². The molecule has 0 atom stereocenters. The van der Waals surface area contributed by atoms with Crippen molar-refractivity contribution in [3.8, 4) is 0 Å². The summed E-state index contributed by atoms with van der Waals surface area (Å²) in [6, 6.07) is 6.46. The molecule has 0 bridgehead atoms. The van der Waals surface area contributed by atoms with Crippen LogP contribution in [0.4, 0.5) is 0 Å². The molecule has 0 fully saturated rings. The maximum atomic E-state index is 4.41. The van der Waals surface area contributed by atoms with Crippen LogP contribution in [0.15, 0.2) is 33.3 Å². The van der Waals surface area contributed by atoms with Gasteiger partial charge in [-0.05, 0) is 61.0 Å². The van der Waals surface area contributed by atoms with E-state index < -0.39 is 0 Å². The second-order valence-corrected chi connectivity index (χ2v) is 6.70. The highest BCUT2D eigenvalue weighted by atomic mass is 79.9. The third-order valence-corrected chi connectivity index (χ3v) is 3.61. The molecule has 0 radical (unpaired) electrons. The van der Waals surface area contributed by atoms with Gasteiger partial charge in [-0.3, -0.25) is 4.98 Å². The van der Waals surface area contributed by atoms with Gasteiger partial charge in [0.15, 0.2) is 0 Å². The Labute approximate surface area is 113 Å². The molecule has 0 aliphatic carbocycles. The highest BCUT2D eigenvalue weighted by Gasteiger charge is 2.15. The second kappa shape index (κ2) is 4.11. The van der Waals surface area contributed by atoms with E-state index in [0.717, 1.165) is 19.8 Å². The Bertz CT molecular complexity index is 541. The molecule has 0 spiro atoms. The smallest absolute Gasteiger partial charge is 0.0844 e. The van der Waals surface area contributed by atoms with Crippen molar-refractivity contribution in [3.05, 3.63) is 38.9 Å². The summed E-state index contributed by atoms with van der Waals surface area (Å²) < 4.78 is 2.07. The lowest BCUT2D eigenvalue weighted by Crippen LogP contribution is -2.10. The van der Waals surface area contributed by atoms with E-state index in [9.17, 15) is 0 Å². The van der Waals surface area contributed by atoms with E-state index in [0.29, 0.717) is 0 Å². The Morgan fingerprint density at radius 3 is 2.38 bits per heavy atom. The fourth-order valence-electron chi connectivity index (χ4n) is 1.61. The van der Waals surface area contributed by atoms with E-state index in [-0.39, 0.29) is 5.41 Å². The number of hydrogen-bond acceptors (Lipinski definition) is 1. The zero-order valence-electron chi connectivity index (χ0n) is 9.51. The van der Waals surface area contributed by atoms with E-state index in [1.54, 1.807) is 0 Å². The van der Waals surface area contributed by atoms with Gasteiger partial charge in [-0.15, -0.1) is 0 Å². The minimum Gasteiger partial charge on any atom is -0.254 e. The van der Waals surface area contributed by atoms with Crippen molar-refractivity contribution in [1.82, 2.24) is 4.98 Å². The van der Waals surface area contributed by atoms with Gasteiger partial charge in [0.1, 0.15) is 0 Å². The largest absolute Gasteiger partial charge is 0.254 e. The van der Waals surface area contributed by atoms with Gasteiger partial charge < -0.3 is 0 Å². The molecule has 1 nitrogen and oxygen atoms in total. The molecule has 0 amide bonds. The third-order valence-electron chi connectivity index (χ3n) is 2.57. The van der Waals surface area contributed by atoms with Crippen LogP contribution in [-0.2, 0) is 5.41 Å². The quantitative estimate of drug-likeness (QED) is 0.652. The summed E-state index contributed by atoms with van der Waals surface area (Å²) in [5.41, 5.74) is 2.47. The zero-order chi connectivity index (χ0) is 11.9. The summed E-state index contributed by atoms with van der Waals surface area (Å²) in [6.45, 7) is 6.64. The lowest BCUT2D eigenvalue weighted by Gasteiger charge is -2.20. The van der Waals surface area contributed by atoms with Crippen LogP contribution >= 0.6 is 31.9 Å². The van der Waals surface area contributed by atoms with Crippen molar-refractivity contribution in [2.75, 3.05) is 0 Å². The summed E-state index contributed by atoms with van der Waals surface area (Å²) in [7, 11) is 0. The van der Waals surface area contributed by atoms with Crippen LogP contribution in [0.2, 0.25) is 0 Å². The van der Waals surface area contributed by atoms with Gasteiger partial charge in [0, 0.05) is 20.5 Å². The second-order valence-electron chi connectivity index (χ2n) is 4.93. The Balaban J connectivity index is 2.75. The number of pyridine rings is 1. The maximum Gasteiger partial charge on any atom is 0.0844 e. The van der Waals surface area contributed by atoms with Crippen molar-refractivity contribution in [1.29, 1.82) is 0 Å². The highest BCUT2D eigenvalue weighted by Crippen LogP contribution is 2.31. The lowest BCUT2D eigenvalue weighted by molar-refractivity contribution is 0.591. The summed E-state index contributed by atoms with van der Waals surface area (Å²) in [4.78, 5) is 4.41. The molecule has 0 saturated carbocycles. The van der Waals surface area contributed by atoms with Crippen LogP contribution < -0.4 is 0 Å². The average molecular weight is 343 g/mol. The molecular formula is C13H13Br2N. The van der Waals surface area contributed by atoms with Crippen LogP contribution in [0, 0.1) is 0 Å². The van der Waals surface area contributed by atoms with Gasteiger partial charge in [0.05, 0.1) is 5.52 Å². The fraction of sp³-hybridized carbons (Fsp3) is 0.308. The maximum absolute atomic E-state index is 4.41. The van der Waals surface area contributed by atoms with Gasteiger partial charge in [0.2, 0.25) is 0 Å². The van der Waals surface area contributed by atoms with Gasteiger partial charge in [0.25, 0.3) is 0 Å². The number of rotatable bonds is 0. The summed E-state index contributed by atoms with van der Waals surface area (Å²) >= 11 is 7.04. The van der Waals surface area contributed by atoms with E-state index in [1.807, 2.05) is 6.20 Å². The SMILES string of the molecule is CC(C)(C)c1cc(Br)c2ncc(Br)cc2c1. The molecule has 16 heavy (non-hydrogen) atoms. The Hall–Kier alpha value is -0.410. The van der Waals surface area contributed by atoms with Crippen molar-refractivity contribution >= 4 is 42.8 Å². The topological polar surface area (TPSA) is 12.9 Å². The minimum atomic E-state index is 0.152. The monoisotopic (exact) mass is 341 g/mol. The van der Waals surface area contributed by atoms with Gasteiger partial charge >= 0.3 is 0 Å². The van der Waals surface area contributed by atoms with Crippen LogP contribution in [0.1, 0.15) is 26.3 Å². The minimum absolute atomic E-state index is 0.152. The molecule has 84 valence electrons. The molecule has 0 N–H and O–H groups in total.